The Morgan fingerprint density at radius 1 is 1.16 bits per heavy atom. The van der Waals surface area contributed by atoms with Crippen LogP contribution in [0.1, 0.15) is 47.8 Å². The number of hydrogen-bond acceptors (Lipinski definition) is 6. The lowest BCUT2D eigenvalue weighted by Crippen LogP contribution is -2.43. The molecule has 0 fully saturated rings. The summed E-state index contributed by atoms with van der Waals surface area (Å²) in [4.78, 5) is 33.9. The van der Waals surface area contributed by atoms with Gasteiger partial charge in [-0.25, -0.2) is 9.78 Å². The predicted octanol–water partition coefficient (Wildman–Crippen LogP) is 4.01. The van der Waals surface area contributed by atoms with Crippen molar-refractivity contribution in [3.05, 3.63) is 71.5 Å². The highest BCUT2D eigenvalue weighted by molar-refractivity contribution is 5.94. The van der Waals surface area contributed by atoms with Crippen molar-refractivity contribution in [2.24, 2.45) is 0 Å². The molecule has 0 saturated carbocycles. The number of carbonyl (C=O) groups is 2. The van der Waals surface area contributed by atoms with E-state index in [-0.39, 0.29) is 23.6 Å². The minimum absolute atomic E-state index is 0.0188. The topological polar surface area (TPSA) is 119 Å². The molecule has 8 heteroatoms. The molecule has 2 N–H and O–H groups in total. The summed E-state index contributed by atoms with van der Waals surface area (Å²) in [5.74, 6) is -0.428. The van der Waals surface area contributed by atoms with Crippen LogP contribution < -0.4 is 10.2 Å². The maximum absolute atomic E-state index is 12.4. The molecule has 1 aliphatic heterocycles. The summed E-state index contributed by atoms with van der Waals surface area (Å²) in [6, 6.07) is 14.3. The van der Waals surface area contributed by atoms with Gasteiger partial charge in [0.1, 0.15) is 11.9 Å². The van der Waals surface area contributed by atoms with Crippen LogP contribution >= 0.6 is 0 Å². The summed E-state index contributed by atoms with van der Waals surface area (Å²) >= 11 is 0. The van der Waals surface area contributed by atoms with Gasteiger partial charge in [-0.05, 0) is 55.3 Å². The van der Waals surface area contributed by atoms with Gasteiger partial charge in [-0.1, -0.05) is 6.07 Å². The molecule has 2 unspecified atom stereocenters. The molecule has 1 amide bonds. The molecule has 8 nitrogen and oxygen atoms in total. The Hall–Kier alpha value is -4.25. The quantitative estimate of drug-likeness (QED) is 0.645. The van der Waals surface area contributed by atoms with Gasteiger partial charge in [0.05, 0.1) is 22.9 Å². The summed E-state index contributed by atoms with van der Waals surface area (Å²) in [5, 5.41) is 21.5. The molecule has 1 aromatic carbocycles. The normalized spacial score (nSPS) is 17.2. The summed E-state index contributed by atoms with van der Waals surface area (Å²) in [7, 11) is 0. The van der Waals surface area contributed by atoms with Crippen LogP contribution in [0.3, 0.4) is 0 Å². The first-order valence-corrected chi connectivity index (χ1v) is 10.1. The molecule has 4 rings (SSSR count). The first-order valence-electron chi connectivity index (χ1n) is 10.1. The lowest BCUT2D eigenvalue weighted by atomic mass is 9.89. The van der Waals surface area contributed by atoms with Gasteiger partial charge in [-0.3, -0.25) is 9.78 Å². The van der Waals surface area contributed by atoms with E-state index < -0.39 is 5.97 Å². The van der Waals surface area contributed by atoms with Crippen molar-refractivity contribution < 1.29 is 14.7 Å². The van der Waals surface area contributed by atoms with Crippen LogP contribution in [0.5, 0.6) is 0 Å². The second-order valence-electron chi connectivity index (χ2n) is 7.73. The summed E-state index contributed by atoms with van der Waals surface area (Å²) in [6.45, 7) is 3.56. The van der Waals surface area contributed by atoms with E-state index in [2.05, 4.69) is 21.4 Å². The van der Waals surface area contributed by atoms with Crippen molar-refractivity contribution in [3.8, 4) is 17.3 Å². The van der Waals surface area contributed by atoms with Crippen LogP contribution in [0, 0.1) is 11.3 Å². The second kappa shape index (κ2) is 8.47. The zero-order chi connectivity index (χ0) is 22.8. The molecule has 0 spiro atoms. The van der Waals surface area contributed by atoms with Crippen LogP contribution in [-0.4, -0.2) is 33.0 Å². The van der Waals surface area contributed by atoms with Gasteiger partial charge in [0.15, 0.2) is 0 Å². The molecule has 2 atom stereocenters. The number of carboxylic acid groups (broad SMARTS) is 1. The standard InChI is InChI=1S/C24H21N5O3/c1-14-9-21(28-23-8-3-16(11-25)12-27-23)19-10-17(5-7-22(19)29(14)15(2)30)20-6-4-18(13-26-20)24(31)32/h3-8,10,12-14,21H,9H2,1-2H3,(H,27,28)(H,31,32). The summed E-state index contributed by atoms with van der Waals surface area (Å²) in [5.41, 5.74) is 3.79. The zero-order valence-corrected chi connectivity index (χ0v) is 17.6. The van der Waals surface area contributed by atoms with E-state index in [1.165, 1.54) is 18.5 Å². The molecule has 0 aliphatic carbocycles. The van der Waals surface area contributed by atoms with Crippen molar-refractivity contribution in [1.29, 1.82) is 5.26 Å². The van der Waals surface area contributed by atoms with Gasteiger partial charge in [-0.15, -0.1) is 0 Å². The van der Waals surface area contributed by atoms with Gasteiger partial charge in [-0.2, -0.15) is 5.26 Å². The molecule has 1 aliphatic rings. The molecule has 3 aromatic rings. The van der Waals surface area contributed by atoms with Crippen LogP contribution in [0.2, 0.25) is 0 Å². The number of nitrogens with zero attached hydrogens (tertiary/aromatic N) is 4. The Kier molecular flexibility index (Phi) is 5.56. The maximum Gasteiger partial charge on any atom is 0.337 e. The molecular weight excluding hydrogens is 406 g/mol. The fraction of sp³-hybridized carbons (Fsp3) is 0.208. The molecule has 3 heterocycles. The Labute approximate surface area is 185 Å². The number of carboxylic acids is 1. The number of aromatic nitrogens is 2. The van der Waals surface area contributed by atoms with E-state index in [0.717, 1.165) is 16.8 Å². The molecule has 0 saturated heterocycles. The number of hydrogen-bond donors (Lipinski definition) is 2. The number of anilines is 2. The van der Waals surface area contributed by atoms with Gasteiger partial charge >= 0.3 is 5.97 Å². The number of aromatic carboxylic acids is 1. The molecule has 160 valence electrons. The zero-order valence-electron chi connectivity index (χ0n) is 17.6. The molecule has 2 aromatic heterocycles. The number of carbonyl (C=O) groups excluding carboxylic acids is 1. The van der Waals surface area contributed by atoms with E-state index in [9.17, 15) is 9.59 Å². The lowest BCUT2D eigenvalue weighted by Gasteiger charge is -2.39. The fourth-order valence-corrected chi connectivity index (χ4v) is 4.05. The lowest BCUT2D eigenvalue weighted by molar-refractivity contribution is -0.117. The number of amides is 1. The van der Waals surface area contributed by atoms with Gasteiger partial charge < -0.3 is 15.3 Å². The van der Waals surface area contributed by atoms with Gasteiger partial charge in [0.2, 0.25) is 5.91 Å². The minimum atomic E-state index is -1.03. The van der Waals surface area contributed by atoms with E-state index in [4.69, 9.17) is 10.4 Å². The molecule has 0 radical (unpaired) electrons. The second-order valence-corrected chi connectivity index (χ2v) is 7.73. The minimum Gasteiger partial charge on any atom is -0.478 e. The van der Waals surface area contributed by atoms with Crippen LogP contribution in [0.15, 0.2) is 54.9 Å². The average Bonchev–Trinajstić information content (AvgIpc) is 2.79. The highest BCUT2D eigenvalue weighted by Crippen LogP contribution is 2.40. The third kappa shape index (κ3) is 4.01. The number of pyridine rings is 2. The number of benzene rings is 1. The number of rotatable bonds is 4. The van der Waals surface area contributed by atoms with E-state index in [1.807, 2.05) is 25.1 Å². The first-order chi connectivity index (χ1) is 15.4. The SMILES string of the molecule is CC(=O)N1c2ccc(-c3ccc(C(=O)O)cn3)cc2C(Nc2ccc(C#N)cn2)CC1C. The van der Waals surface area contributed by atoms with E-state index in [1.54, 1.807) is 30.0 Å². The van der Waals surface area contributed by atoms with Crippen molar-refractivity contribution in [1.82, 2.24) is 9.97 Å². The average molecular weight is 427 g/mol. The van der Waals surface area contributed by atoms with Crippen LogP contribution in [0.4, 0.5) is 11.5 Å². The fourth-order valence-electron chi connectivity index (χ4n) is 4.05. The Bertz CT molecular complexity index is 1220. The number of nitriles is 1. The van der Waals surface area contributed by atoms with Crippen LogP contribution in [0.25, 0.3) is 11.3 Å². The summed E-state index contributed by atoms with van der Waals surface area (Å²) < 4.78 is 0. The predicted molar refractivity (Wildman–Crippen MR) is 119 cm³/mol. The van der Waals surface area contributed by atoms with E-state index >= 15 is 0 Å². The molecule has 0 bridgehead atoms. The highest BCUT2D eigenvalue weighted by Gasteiger charge is 2.33. The van der Waals surface area contributed by atoms with Gasteiger partial charge in [0.25, 0.3) is 0 Å². The van der Waals surface area contributed by atoms with Crippen molar-refractivity contribution in [3.63, 3.8) is 0 Å². The third-order valence-electron chi connectivity index (χ3n) is 5.54. The Morgan fingerprint density at radius 3 is 2.56 bits per heavy atom. The molecule has 32 heavy (non-hydrogen) atoms. The highest BCUT2D eigenvalue weighted by atomic mass is 16.4. The Morgan fingerprint density at radius 2 is 1.97 bits per heavy atom. The van der Waals surface area contributed by atoms with Crippen LogP contribution in [-0.2, 0) is 4.79 Å². The maximum atomic E-state index is 12.4. The first kappa shape index (κ1) is 21.0. The monoisotopic (exact) mass is 427 g/mol. The number of fused-ring (bicyclic) bond motifs is 1. The summed E-state index contributed by atoms with van der Waals surface area (Å²) in [6.07, 6.45) is 3.52. The Balaban J connectivity index is 1.74. The van der Waals surface area contributed by atoms with E-state index in [0.29, 0.717) is 23.5 Å². The third-order valence-corrected chi connectivity index (χ3v) is 5.54. The number of nitrogens with one attached hydrogen (secondary N) is 1. The van der Waals surface area contributed by atoms with Crippen molar-refractivity contribution >= 4 is 23.4 Å². The largest absolute Gasteiger partial charge is 0.478 e. The van der Waals surface area contributed by atoms with Crippen molar-refractivity contribution in [2.75, 3.05) is 10.2 Å². The molecular formula is C24H21N5O3. The van der Waals surface area contributed by atoms with Crippen molar-refractivity contribution in [2.45, 2.75) is 32.4 Å². The smallest absolute Gasteiger partial charge is 0.337 e. The van der Waals surface area contributed by atoms with Gasteiger partial charge in [0, 0.05) is 36.6 Å².